The summed E-state index contributed by atoms with van der Waals surface area (Å²) in [6, 6.07) is 8.33. The first-order valence-corrected chi connectivity index (χ1v) is 8.57. The molecule has 2 nitrogen and oxygen atoms in total. The van der Waals surface area contributed by atoms with E-state index in [9.17, 15) is 0 Å². The first-order valence-electron chi connectivity index (χ1n) is 8.57. The summed E-state index contributed by atoms with van der Waals surface area (Å²) < 4.78 is 5.93. The van der Waals surface area contributed by atoms with Crippen LogP contribution >= 0.6 is 0 Å². The summed E-state index contributed by atoms with van der Waals surface area (Å²) in [4.78, 5) is 2.54. The summed E-state index contributed by atoms with van der Waals surface area (Å²) in [5, 5.41) is 0. The average molecular weight is 311 g/mol. The number of piperidine rings is 1. The fourth-order valence-corrected chi connectivity index (χ4v) is 2.92. The number of hydrogen-bond donors (Lipinski definition) is 0. The average Bonchev–Trinajstić information content (AvgIpc) is 2.59. The van der Waals surface area contributed by atoms with Gasteiger partial charge in [-0.1, -0.05) is 49.1 Å². The Kier molecular flexibility index (Phi) is 7.15. The van der Waals surface area contributed by atoms with E-state index in [1.54, 1.807) is 0 Å². The molecule has 0 radical (unpaired) electrons. The third-order valence-corrected chi connectivity index (χ3v) is 4.52. The standard InChI is InChI=1S/C21H29NO/c1-4-6-19(5-2)11-14-22-15-12-20(13-16-22)17-23-21-9-7-18(3)8-10-21/h4-10,20H,1-2,11-17H2,3H3/b19-6+. The lowest BCUT2D eigenvalue weighted by atomic mass is 9.97. The van der Waals surface area contributed by atoms with Gasteiger partial charge < -0.3 is 9.64 Å². The van der Waals surface area contributed by atoms with E-state index in [-0.39, 0.29) is 0 Å². The first-order chi connectivity index (χ1) is 11.2. The van der Waals surface area contributed by atoms with Gasteiger partial charge in [0.2, 0.25) is 0 Å². The molecule has 0 amide bonds. The molecular formula is C21H29NO. The zero-order valence-electron chi connectivity index (χ0n) is 14.3. The fourth-order valence-electron chi connectivity index (χ4n) is 2.92. The lowest BCUT2D eigenvalue weighted by molar-refractivity contribution is 0.142. The number of aryl methyl sites for hydroxylation is 1. The van der Waals surface area contributed by atoms with E-state index >= 15 is 0 Å². The summed E-state index contributed by atoms with van der Waals surface area (Å²) in [7, 11) is 0. The Morgan fingerprint density at radius 1 is 1.22 bits per heavy atom. The largest absolute Gasteiger partial charge is 0.493 e. The molecule has 0 bridgehead atoms. The molecule has 0 saturated carbocycles. The summed E-state index contributed by atoms with van der Waals surface area (Å²) >= 11 is 0. The number of rotatable bonds is 8. The molecule has 1 fully saturated rings. The van der Waals surface area contributed by atoms with Crippen LogP contribution in [0.4, 0.5) is 0 Å². The predicted octanol–water partition coefficient (Wildman–Crippen LogP) is 4.77. The van der Waals surface area contributed by atoms with Crippen LogP contribution in [0.5, 0.6) is 5.75 Å². The van der Waals surface area contributed by atoms with Gasteiger partial charge in [-0.25, -0.2) is 0 Å². The van der Waals surface area contributed by atoms with Gasteiger partial charge in [0.25, 0.3) is 0 Å². The number of allylic oxidation sites excluding steroid dienone is 3. The highest BCUT2D eigenvalue weighted by Crippen LogP contribution is 2.20. The molecule has 0 atom stereocenters. The zero-order chi connectivity index (χ0) is 16.5. The quantitative estimate of drug-likeness (QED) is 0.641. The Bertz CT molecular complexity index is 521. The zero-order valence-corrected chi connectivity index (χ0v) is 14.3. The van der Waals surface area contributed by atoms with Crippen molar-refractivity contribution < 1.29 is 4.74 Å². The molecule has 1 aromatic rings. The summed E-state index contributed by atoms with van der Waals surface area (Å²) in [6.07, 6.45) is 9.33. The van der Waals surface area contributed by atoms with Crippen LogP contribution in [0.15, 0.2) is 61.2 Å². The van der Waals surface area contributed by atoms with Gasteiger partial charge in [-0.2, -0.15) is 0 Å². The molecule has 0 N–H and O–H groups in total. The molecule has 124 valence electrons. The van der Waals surface area contributed by atoms with Crippen molar-refractivity contribution in [2.45, 2.75) is 26.2 Å². The van der Waals surface area contributed by atoms with E-state index in [0.29, 0.717) is 5.92 Å². The van der Waals surface area contributed by atoms with Crippen molar-refractivity contribution in [2.75, 3.05) is 26.2 Å². The maximum absolute atomic E-state index is 5.93. The van der Waals surface area contributed by atoms with Gasteiger partial charge in [-0.05, 0) is 62.9 Å². The van der Waals surface area contributed by atoms with Gasteiger partial charge in [0, 0.05) is 6.54 Å². The van der Waals surface area contributed by atoms with Crippen molar-refractivity contribution in [3.8, 4) is 5.75 Å². The molecule has 0 unspecified atom stereocenters. The maximum Gasteiger partial charge on any atom is 0.119 e. The minimum atomic E-state index is 0.676. The van der Waals surface area contributed by atoms with Crippen LogP contribution in [-0.4, -0.2) is 31.1 Å². The van der Waals surface area contributed by atoms with Crippen LogP contribution in [0.25, 0.3) is 0 Å². The molecule has 2 rings (SSSR count). The van der Waals surface area contributed by atoms with Crippen molar-refractivity contribution in [3.05, 3.63) is 66.8 Å². The highest BCUT2D eigenvalue weighted by molar-refractivity contribution is 5.26. The van der Waals surface area contributed by atoms with Crippen LogP contribution in [0.3, 0.4) is 0 Å². The van der Waals surface area contributed by atoms with E-state index in [0.717, 1.165) is 25.3 Å². The van der Waals surface area contributed by atoms with Gasteiger partial charge in [0.05, 0.1) is 6.61 Å². The summed E-state index contributed by atoms with van der Waals surface area (Å²) in [5.74, 6) is 1.67. The SMILES string of the molecule is C=C/C=C(\C=C)CCN1CCC(COc2ccc(C)cc2)CC1. The molecule has 2 heteroatoms. The Morgan fingerprint density at radius 2 is 1.91 bits per heavy atom. The van der Waals surface area contributed by atoms with Crippen LogP contribution in [0, 0.1) is 12.8 Å². The van der Waals surface area contributed by atoms with Gasteiger partial charge in [0.15, 0.2) is 0 Å². The first kappa shape index (κ1) is 17.6. The Labute approximate surface area is 141 Å². The van der Waals surface area contributed by atoms with E-state index in [1.807, 2.05) is 12.2 Å². The monoisotopic (exact) mass is 311 g/mol. The van der Waals surface area contributed by atoms with Crippen molar-refractivity contribution in [1.29, 1.82) is 0 Å². The lowest BCUT2D eigenvalue weighted by Crippen LogP contribution is -2.36. The van der Waals surface area contributed by atoms with Crippen LogP contribution in [0.2, 0.25) is 0 Å². The van der Waals surface area contributed by atoms with Crippen LogP contribution in [-0.2, 0) is 0 Å². The molecule has 1 heterocycles. The van der Waals surface area contributed by atoms with Crippen molar-refractivity contribution >= 4 is 0 Å². The smallest absolute Gasteiger partial charge is 0.119 e. The van der Waals surface area contributed by atoms with E-state index in [4.69, 9.17) is 4.74 Å². The second-order valence-corrected chi connectivity index (χ2v) is 6.34. The second-order valence-electron chi connectivity index (χ2n) is 6.34. The van der Waals surface area contributed by atoms with Gasteiger partial charge in [0.1, 0.15) is 5.75 Å². The highest BCUT2D eigenvalue weighted by Gasteiger charge is 2.19. The fraction of sp³-hybridized carbons (Fsp3) is 0.429. The normalized spacial score (nSPS) is 17.0. The molecule has 23 heavy (non-hydrogen) atoms. The molecule has 1 aliphatic heterocycles. The second kappa shape index (κ2) is 9.36. The Balaban J connectivity index is 1.67. The summed E-state index contributed by atoms with van der Waals surface area (Å²) in [5.41, 5.74) is 2.54. The van der Waals surface area contributed by atoms with Crippen molar-refractivity contribution in [2.24, 2.45) is 5.92 Å². The minimum Gasteiger partial charge on any atom is -0.493 e. The minimum absolute atomic E-state index is 0.676. The number of benzene rings is 1. The maximum atomic E-state index is 5.93. The van der Waals surface area contributed by atoms with E-state index in [2.05, 4.69) is 55.3 Å². The lowest BCUT2D eigenvalue weighted by Gasteiger charge is -2.31. The topological polar surface area (TPSA) is 12.5 Å². The highest BCUT2D eigenvalue weighted by atomic mass is 16.5. The molecule has 1 saturated heterocycles. The van der Waals surface area contributed by atoms with Gasteiger partial charge >= 0.3 is 0 Å². The van der Waals surface area contributed by atoms with E-state index in [1.165, 1.54) is 37.1 Å². The third-order valence-electron chi connectivity index (χ3n) is 4.52. The third kappa shape index (κ3) is 6.07. The number of likely N-dealkylation sites (tertiary alicyclic amines) is 1. The number of nitrogens with zero attached hydrogens (tertiary/aromatic N) is 1. The van der Waals surface area contributed by atoms with Crippen LogP contribution in [0.1, 0.15) is 24.8 Å². The van der Waals surface area contributed by atoms with Crippen LogP contribution < -0.4 is 4.74 Å². The van der Waals surface area contributed by atoms with Gasteiger partial charge in [-0.3, -0.25) is 0 Å². The predicted molar refractivity (Wildman–Crippen MR) is 98.9 cm³/mol. The molecular weight excluding hydrogens is 282 g/mol. The van der Waals surface area contributed by atoms with Gasteiger partial charge in [-0.15, -0.1) is 0 Å². The molecule has 0 spiro atoms. The Morgan fingerprint density at radius 3 is 2.52 bits per heavy atom. The molecule has 0 aromatic heterocycles. The van der Waals surface area contributed by atoms with Crippen molar-refractivity contribution in [1.82, 2.24) is 4.90 Å². The van der Waals surface area contributed by atoms with E-state index < -0.39 is 0 Å². The Hall–Kier alpha value is -1.80. The molecule has 0 aliphatic carbocycles. The molecule has 1 aromatic carbocycles. The number of ether oxygens (including phenoxy) is 1. The number of hydrogen-bond acceptors (Lipinski definition) is 2. The molecule has 1 aliphatic rings. The summed E-state index contributed by atoms with van der Waals surface area (Å²) in [6.45, 7) is 14.0. The van der Waals surface area contributed by atoms with Crippen molar-refractivity contribution in [3.63, 3.8) is 0 Å².